The summed E-state index contributed by atoms with van der Waals surface area (Å²) in [6.45, 7) is 3.16. The van der Waals surface area contributed by atoms with Crippen LogP contribution in [0.1, 0.15) is 13.0 Å². The summed E-state index contributed by atoms with van der Waals surface area (Å²) in [5.74, 6) is -0.769. The van der Waals surface area contributed by atoms with Gasteiger partial charge in [-0.3, -0.25) is 0 Å². The molecule has 4 aromatic rings. The first kappa shape index (κ1) is 28.2. The fraction of sp³-hybridized carbons (Fsp3) is 0.217. The quantitative estimate of drug-likeness (QED) is 0.289. The standard InChI is InChI=1S/C11H11N3O2.C7H6BrN3.C4H6O2.CH4/c1-14-10-5-3-8(4-6-11(15)16-2)7-9(10)12-13-14;1-11-7-3-2-5(8)4-6(7)9-10-11;1-3-4(5)6-2;/h3-7H,1-2H3;2-4H,1H3;3H,1H2,2H3;1H4/b6-4+;;;. The molecule has 0 unspecified atom stereocenters. The predicted octanol–water partition coefficient (Wildman–Crippen LogP) is 3.87. The first-order chi connectivity index (χ1) is 15.8. The molecule has 0 radical (unpaired) electrons. The van der Waals surface area contributed by atoms with Crippen molar-refractivity contribution in [2.45, 2.75) is 7.43 Å². The molecule has 0 bridgehead atoms. The number of hydrogen-bond acceptors (Lipinski definition) is 8. The van der Waals surface area contributed by atoms with Gasteiger partial charge in [0.05, 0.1) is 25.3 Å². The van der Waals surface area contributed by atoms with Gasteiger partial charge in [-0.1, -0.05) is 46.4 Å². The molecule has 0 saturated carbocycles. The Morgan fingerprint density at radius 3 is 1.94 bits per heavy atom. The highest BCUT2D eigenvalue weighted by Crippen LogP contribution is 2.16. The third-order valence-electron chi connectivity index (χ3n) is 4.19. The number of rotatable bonds is 3. The summed E-state index contributed by atoms with van der Waals surface area (Å²) in [5, 5.41) is 15.7. The van der Waals surface area contributed by atoms with Crippen molar-refractivity contribution < 1.29 is 19.1 Å². The lowest BCUT2D eigenvalue weighted by Crippen LogP contribution is -1.93. The first-order valence-corrected chi connectivity index (χ1v) is 10.3. The molecule has 0 aliphatic rings. The fourth-order valence-electron chi connectivity index (χ4n) is 2.49. The predicted molar refractivity (Wildman–Crippen MR) is 135 cm³/mol. The molecule has 2 aromatic carbocycles. The Kier molecular flexibility index (Phi) is 11.3. The Bertz CT molecular complexity index is 1300. The number of hydrogen-bond donors (Lipinski definition) is 0. The Hall–Kier alpha value is -3.86. The highest BCUT2D eigenvalue weighted by molar-refractivity contribution is 9.10. The molecule has 34 heavy (non-hydrogen) atoms. The number of aromatic nitrogens is 6. The highest BCUT2D eigenvalue weighted by Gasteiger charge is 2.01. The number of carbonyl (C=O) groups is 2. The van der Waals surface area contributed by atoms with E-state index in [1.54, 1.807) is 15.4 Å². The SMILES string of the molecule is C.C=CC(=O)OC.COC(=O)/C=C/c1ccc2c(c1)nnn2C.Cn1nnc2cc(Br)ccc21. The van der Waals surface area contributed by atoms with E-state index in [1.807, 2.05) is 50.5 Å². The third-order valence-corrected chi connectivity index (χ3v) is 4.68. The van der Waals surface area contributed by atoms with E-state index in [9.17, 15) is 9.59 Å². The summed E-state index contributed by atoms with van der Waals surface area (Å²) in [7, 11) is 6.37. The molecule has 10 nitrogen and oxygen atoms in total. The molecule has 0 saturated heterocycles. The maximum absolute atomic E-state index is 10.9. The number of benzene rings is 2. The molecule has 4 rings (SSSR count). The molecule has 0 aliphatic heterocycles. The number of aryl methyl sites for hydroxylation is 2. The van der Waals surface area contributed by atoms with Crippen molar-refractivity contribution in [2.75, 3.05) is 14.2 Å². The molecule has 0 N–H and O–H groups in total. The smallest absolute Gasteiger partial charge is 0.330 e. The van der Waals surface area contributed by atoms with Crippen LogP contribution in [0.15, 0.2) is 59.6 Å². The van der Waals surface area contributed by atoms with Crippen LogP contribution < -0.4 is 0 Å². The van der Waals surface area contributed by atoms with Crippen molar-refractivity contribution in [1.29, 1.82) is 0 Å². The lowest BCUT2D eigenvalue weighted by atomic mass is 10.2. The Morgan fingerprint density at radius 1 is 0.912 bits per heavy atom. The normalized spacial score (nSPS) is 9.91. The maximum Gasteiger partial charge on any atom is 0.330 e. The van der Waals surface area contributed by atoms with Crippen LogP contribution in [-0.2, 0) is 33.2 Å². The summed E-state index contributed by atoms with van der Waals surface area (Å²) >= 11 is 3.36. The van der Waals surface area contributed by atoms with Gasteiger partial charge in [-0.25, -0.2) is 19.0 Å². The summed E-state index contributed by atoms with van der Waals surface area (Å²) < 4.78 is 13.1. The van der Waals surface area contributed by atoms with Gasteiger partial charge >= 0.3 is 11.9 Å². The van der Waals surface area contributed by atoms with E-state index in [1.165, 1.54) is 20.3 Å². The van der Waals surface area contributed by atoms with Crippen molar-refractivity contribution >= 4 is 56.0 Å². The van der Waals surface area contributed by atoms with Gasteiger partial charge in [-0.05, 0) is 42.0 Å². The van der Waals surface area contributed by atoms with Gasteiger partial charge < -0.3 is 9.47 Å². The summed E-state index contributed by atoms with van der Waals surface area (Å²) in [6, 6.07) is 11.6. The Labute approximate surface area is 206 Å². The van der Waals surface area contributed by atoms with Crippen LogP contribution in [0.4, 0.5) is 0 Å². The van der Waals surface area contributed by atoms with Gasteiger partial charge in [0, 0.05) is 30.7 Å². The van der Waals surface area contributed by atoms with E-state index in [-0.39, 0.29) is 13.4 Å². The summed E-state index contributed by atoms with van der Waals surface area (Å²) in [5.41, 5.74) is 4.61. The number of carbonyl (C=O) groups excluding carboxylic acids is 2. The topological polar surface area (TPSA) is 114 Å². The van der Waals surface area contributed by atoms with Crippen LogP contribution in [0, 0.1) is 0 Å². The van der Waals surface area contributed by atoms with Gasteiger partial charge in [0.25, 0.3) is 0 Å². The maximum atomic E-state index is 10.9. The second-order valence-electron chi connectivity index (χ2n) is 6.39. The van der Waals surface area contributed by atoms with Crippen molar-refractivity contribution in [3.05, 3.63) is 65.2 Å². The molecular formula is C23H27BrN6O4. The number of ether oxygens (including phenoxy) is 2. The van der Waals surface area contributed by atoms with Crippen LogP contribution in [0.2, 0.25) is 0 Å². The number of methoxy groups -OCH3 is 2. The van der Waals surface area contributed by atoms with Crippen molar-refractivity contribution in [2.24, 2.45) is 14.1 Å². The second-order valence-corrected chi connectivity index (χ2v) is 7.31. The van der Waals surface area contributed by atoms with E-state index in [2.05, 4.69) is 52.6 Å². The molecule has 2 heterocycles. The fourth-order valence-corrected chi connectivity index (χ4v) is 2.84. The highest BCUT2D eigenvalue weighted by atomic mass is 79.9. The van der Waals surface area contributed by atoms with Crippen LogP contribution in [0.3, 0.4) is 0 Å². The molecule has 0 spiro atoms. The van der Waals surface area contributed by atoms with E-state index in [4.69, 9.17) is 0 Å². The molecule has 11 heteroatoms. The van der Waals surface area contributed by atoms with Crippen LogP contribution in [-0.4, -0.2) is 56.1 Å². The minimum atomic E-state index is -0.394. The van der Waals surface area contributed by atoms with E-state index >= 15 is 0 Å². The average molecular weight is 531 g/mol. The Balaban J connectivity index is 0.000000280. The second kappa shape index (κ2) is 13.6. The minimum Gasteiger partial charge on any atom is -0.466 e. The zero-order valence-electron chi connectivity index (χ0n) is 18.6. The molecule has 180 valence electrons. The van der Waals surface area contributed by atoms with Crippen molar-refractivity contribution in [3.63, 3.8) is 0 Å². The number of esters is 2. The molecular weight excluding hydrogens is 504 g/mol. The van der Waals surface area contributed by atoms with Gasteiger partial charge in [0.1, 0.15) is 11.0 Å². The first-order valence-electron chi connectivity index (χ1n) is 9.49. The van der Waals surface area contributed by atoms with Gasteiger partial charge in [-0.15, -0.1) is 10.2 Å². The lowest BCUT2D eigenvalue weighted by molar-refractivity contribution is -0.135. The number of halogens is 1. The molecule has 0 amide bonds. The van der Waals surface area contributed by atoms with Crippen LogP contribution >= 0.6 is 15.9 Å². The lowest BCUT2D eigenvalue weighted by Gasteiger charge is -1.94. The van der Waals surface area contributed by atoms with Crippen LogP contribution in [0.25, 0.3) is 28.1 Å². The van der Waals surface area contributed by atoms with Gasteiger partial charge in [-0.2, -0.15) is 0 Å². The number of fused-ring (bicyclic) bond motifs is 2. The summed E-state index contributed by atoms with van der Waals surface area (Å²) in [6.07, 6.45) is 4.16. The van der Waals surface area contributed by atoms with Crippen molar-refractivity contribution in [1.82, 2.24) is 30.0 Å². The van der Waals surface area contributed by atoms with Crippen LogP contribution in [0.5, 0.6) is 0 Å². The molecule has 0 fully saturated rings. The van der Waals surface area contributed by atoms with E-state index < -0.39 is 5.97 Å². The largest absolute Gasteiger partial charge is 0.466 e. The zero-order chi connectivity index (χ0) is 24.4. The van der Waals surface area contributed by atoms with Crippen molar-refractivity contribution in [3.8, 4) is 0 Å². The molecule has 2 aromatic heterocycles. The average Bonchev–Trinajstić information content (AvgIpc) is 3.39. The zero-order valence-corrected chi connectivity index (χ0v) is 20.2. The minimum absolute atomic E-state index is 0. The number of nitrogens with zero attached hydrogens (tertiary/aromatic N) is 6. The third kappa shape index (κ3) is 7.93. The van der Waals surface area contributed by atoms with Gasteiger partial charge in [0.15, 0.2) is 0 Å². The van der Waals surface area contributed by atoms with E-state index in [0.29, 0.717) is 0 Å². The monoisotopic (exact) mass is 530 g/mol. The molecule has 0 atom stereocenters. The van der Waals surface area contributed by atoms with E-state index in [0.717, 1.165) is 38.2 Å². The summed E-state index contributed by atoms with van der Waals surface area (Å²) in [4.78, 5) is 20.8. The Morgan fingerprint density at radius 2 is 1.44 bits per heavy atom. The van der Waals surface area contributed by atoms with Gasteiger partial charge in [0.2, 0.25) is 0 Å². The molecule has 0 aliphatic carbocycles.